The summed E-state index contributed by atoms with van der Waals surface area (Å²) in [5, 5.41) is 1.74. The van der Waals surface area contributed by atoms with Gasteiger partial charge in [0.15, 0.2) is 0 Å². The molecule has 1 N–H and O–H groups in total. The van der Waals surface area contributed by atoms with Crippen molar-refractivity contribution in [1.29, 1.82) is 0 Å². The molecule has 1 fully saturated rings. The quantitative estimate of drug-likeness (QED) is 0.486. The topological polar surface area (TPSA) is 56.4 Å². The first-order valence-electron chi connectivity index (χ1n) is 11.1. The zero-order valence-corrected chi connectivity index (χ0v) is 18.6. The Balaban J connectivity index is 1.46. The van der Waals surface area contributed by atoms with Gasteiger partial charge in [0.1, 0.15) is 12.6 Å². The number of carbonyl (C=O) groups is 2. The predicted octanol–water partition coefficient (Wildman–Crippen LogP) is 4.71. The average Bonchev–Trinajstić information content (AvgIpc) is 3.21. The Labute approximate surface area is 196 Å². The lowest BCUT2D eigenvalue weighted by Crippen LogP contribution is -2.62. The molecule has 3 heterocycles. The molecule has 1 aromatic heterocycles. The van der Waals surface area contributed by atoms with E-state index in [1.54, 1.807) is 9.80 Å². The number of H-pyrrole nitrogens is 1. The van der Waals surface area contributed by atoms with E-state index in [1.165, 1.54) is 0 Å². The molecule has 0 aliphatic carbocycles. The van der Waals surface area contributed by atoms with Gasteiger partial charge in [-0.2, -0.15) is 0 Å². The standard InChI is InChI=1S/C27H22ClN3O2/c28-19-12-10-18(11-13-19)26-25-21(20-8-4-5-9-22(20)29-25)14-23-27(33)30(16-24(32)31(23)26)15-17-6-2-1-3-7-17/h1-13,23,26,29H,14-16H2/t23-,26-/m0/s1. The van der Waals surface area contributed by atoms with Crippen molar-refractivity contribution in [3.63, 3.8) is 0 Å². The number of benzene rings is 3. The van der Waals surface area contributed by atoms with Crippen LogP contribution in [0.3, 0.4) is 0 Å². The zero-order chi connectivity index (χ0) is 22.5. The second kappa shape index (κ2) is 7.78. The third-order valence-electron chi connectivity index (χ3n) is 6.74. The van der Waals surface area contributed by atoms with Gasteiger partial charge in [-0.1, -0.05) is 72.3 Å². The number of amides is 2. The molecule has 0 spiro atoms. The Kier molecular flexibility index (Phi) is 4.73. The number of carbonyl (C=O) groups excluding carboxylic acids is 2. The summed E-state index contributed by atoms with van der Waals surface area (Å²) in [7, 11) is 0. The monoisotopic (exact) mass is 455 g/mol. The lowest BCUT2D eigenvalue weighted by molar-refractivity contribution is -0.159. The summed E-state index contributed by atoms with van der Waals surface area (Å²) in [6.45, 7) is 0.506. The van der Waals surface area contributed by atoms with Crippen molar-refractivity contribution in [3.05, 3.63) is 106 Å². The van der Waals surface area contributed by atoms with Gasteiger partial charge in [0.2, 0.25) is 11.8 Å². The van der Waals surface area contributed by atoms with Crippen LogP contribution in [0.2, 0.25) is 5.02 Å². The number of fused-ring (bicyclic) bond motifs is 4. The van der Waals surface area contributed by atoms with Crippen molar-refractivity contribution in [2.45, 2.75) is 25.0 Å². The minimum atomic E-state index is -0.539. The molecular formula is C27H22ClN3O2. The lowest BCUT2D eigenvalue weighted by Gasteiger charge is -2.47. The number of aromatic amines is 1. The van der Waals surface area contributed by atoms with Crippen LogP contribution in [0.1, 0.15) is 28.4 Å². The highest BCUT2D eigenvalue weighted by atomic mass is 35.5. The van der Waals surface area contributed by atoms with Gasteiger partial charge in [0, 0.05) is 34.6 Å². The van der Waals surface area contributed by atoms with Crippen LogP contribution in [-0.4, -0.2) is 39.2 Å². The maximum absolute atomic E-state index is 13.7. The van der Waals surface area contributed by atoms with Crippen molar-refractivity contribution < 1.29 is 9.59 Å². The second-order valence-electron chi connectivity index (χ2n) is 8.72. The van der Waals surface area contributed by atoms with Gasteiger partial charge in [-0.3, -0.25) is 9.59 Å². The van der Waals surface area contributed by atoms with E-state index < -0.39 is 6.04 Å². The normalized spacial score (nSPS) is 20.2. The number of para-hydroxylation sites is 1. The van der Waals surface area contributed by atoms with Crippen molar-refractivity contribution in [2.24, 2.45) is 0 Å². The minimum absolute atomic E-state index is 0.00616. The van der Waals surface area contributed by atoms with Gasteiger partial charge in [-0.25, -0.2) is 0 Å². The van der Waals surface area contributed by atoms with Gasteiger partial charge in [-0.05, 0) is 34.9 Å². The van der Waals surface area contributed by atoms with Gasteiger partial charge >= 0.3 is 0 Å². The fourth-order valence-electron chi connectivity index (χ4n) is 5.25. The summed E-state index contributed by atoms with van der Waals surface area (Å²) < 4.78 is 0. The van der Waals surface area contributed by atoms with Crippen LogP contribution in [0.25, 0.3) is 10.9 Å². The average molecular weight is 456 g/mol. The van der Waals surface area contributed by atoms with E-state index >= 15 is 0 Å². The molecule has 1 saturated heterocycles. The molecule has 0 bridgehead atoms. The molecule has 2 atom stereocenters. The molecule has 2 amide bonds. The largest absolute Gasteiger partial charge is 0.356 e. The number of halogens is 1. The van der Waals surface area contributed by atoms with E-state index in [9.17, 15) is 9.59 Å². The van der Waals surface area contributed by atoms with Crippen LogP contribution in [0, 0.1) is 0 Å². The first kappa shape index (κ1) is 20.1. The summed E-state index contributed by atoms with van der Waals surface area (Å²) in [4.78, 5) is 34.3. The molecule has 0 unspecified atom stereocenters. The molecule has 0 saturated carbocycles. The molecule has 3 aromatic carbocycles. The first-order valence-corrected chi connectivity index (χ1v) is 11.5. The van der Waals surface area contributed by atoms with Gasteiger partial charge in [0.25, 0.3) is 0 Å². The Morgan fingerprint density at radius 3 is 2.42 bits per heavy atom. The number of nitrogens with one attached hydrogen (secondary N) is 1. The molecule has 2 aliphatic heterocycles. The third kappa shape index (κ3) is 3.31. The summed E-state index contributed by atoms with van der Waals surface area (Å²) in [5.41, 5.74) is 5.06. The highest BCUT2D eigenvalue weighted by Crippen LogP contribution is 2.42. The van der Waals surface area contributed by atoms with Crippen LogP contribution >= 0.6 is 11.6 Å². The Bertz CT molecular complexity index is 1360. The minimum Gasteiger partial charge on any atom is -0.356 e. The fourth-order valence-corrected chi connectivity index (χ4v) is 5.38. The number of nitrogens with zero attached hydrogens (tertiary/aromatic N) is 2. The summed E-state index contributed by atoms with van der Waals surface area (Å²) in [5.74, 6) is -0.0480. The number of hydrogen-bond donors (Lipinski definition) is 1. The van der Waals surface area contributed by atoms with Gasteiger partial charge < -0.3 is 14.8 Å². The van der Waals surface area contributed by atoms with E-state index in [-0.39, 0.29) is 24.4 Å². The third-order valence-corrected chi connectivity index (χ3v) is 7.00. The number of hydrogen-bond acceptors (Lipinski definition) is 2. The molecule has 0 radical (unpaired) electrons. The number of piperazine rings is 1. The zero-order valence-electron chi connectivity index (χ0n) is 17.9. The molecule has 2 aliphatic rings. The second-order valence-corrected chi connectivity index (χ2v) is 9.15. The van der Waals surface area contributed by atoms with Crippen molar-refractivity contribution in [3.8, 4) is 0 Å². The Hall–Kier alpha value is -3.57. The highest BCUT2D eigenvalue weighted by Gasteiger charge is 2.48. The van der Waals surface area contributed by atoms with E-state index in [0.717, 1.165) is 33.3 Å². The molecule has 164 valence electrons. The maximum atomic E-state index is 13.7. The van der Waals surface area contributed by atoms with Crippen molar-refractivity contribution in [1.82, 2.24) is 14.8 Å². The Morgan fingerprint density at radius 2 is 1.64 bits per heavy atom. The Morgan fingerprint density at radius 1 is 0.909 bits per heavy atom. The maximum Gasteiger partial charge on any atom is 0.246 e. The summed E-state index contributed by atoms with van der Waals surface area (Å²) in [6.07, 6.45) is 0.499. The number of rotatable bonds is 3. The summed E-state index contributed by atoms with van der Waals surface area (Å²) in [6, 6.07) is 24.6. The van der Waals surface area contributed by atoms with Gasteiger partial charge in [0.05, 0.1) is 6.04 Å². The van der Waals surface area contributed by atoms with Crippen molar-refractivity contribution >= 4 is 34.3 Å². The van der Waals surface area contributed by atoms with Crippen LogP contribution < -0.4 is 0 Å². The van der Waals surface area contributed by atoms with Crippen molar-refractivity contribution in [2.75, 3.05) is 6.54 Å². The number of aromatic nitrogens is 1. The molecule has 6 rings (SSSR count). The van der Waals surface area contributed by atoms with Crippen LogP contribution in [0.5, 0.6) is 0 Å². The van der Waals surface area contributed by atoms with E-state index in [1.807, 2.05) is 72.8 Å². The molecule has 33 heavy (non-hydrogen) atoms. The SMILES string of the molecule is O=C1[C@@H]2Cc3c([nH]c4ccccc34)[C@H](c3ccc(Cl)cc3)N2C(=O)CN1Cc1ccccc1. The van der Waals surface area contributed by atoms with Crippen LogP contribution in [-0.2, 0) is 22.6 Å². The smallest absolute Gasteiger partial charge is 0.246 e. The van der Waals surface area contributed by atoms with Gasteiger partial charge in [-0.15, -0.1) is 0 Å². The molecule has 6 heteroatoms. The van der Waals surface area contributed by atoms with E-state index in [4.69, 9.17) is 11.6 Å². The lowest BCUT2D eigenvalue weighted by atomic mass is 9.86. The molecule has 5 nitrogen and oxygen atoms in total. The summed E-state index contributed by atoms with van der Waals surface area (Å²) >= 11 is 6.15. The van der Waals surface area contributed by atoms with Crippen LogP contribution in [0.4, 0.5) is 0 Å². The fraction of sp³-hybridized carbons (Fsp3) is 0.185. The van der Waals surface area contributed by atoms with E-state index in [2.05, 4.69) is 11.1 Å². The highest BCUT2D eigenvalue weighted by molar-refractivity contribution is 6.30. The van der Waals surface area contributed by atoms with E-state index in [0.29, 0.717) is 18.0 Å². The molecule has 4 aromatic rings. The van der Waals surface area contributed by atoms with Crippen LogP contribution in [0.15, 0.2) is 78.9 Å². The molecular weight excluding hydrogens is 434 g/mol. The first-order chi connectivity index (χ1) is 16.1. The predicted molar refractivity (Wildman–Crippen MR) is 128 cm³/mol.